The Hall–Kier alpha value is -1.11. The maximum atomic E-state index is 11.4. The highest BCUT2D eigenvalue weighted by molar-refractivity contribution is 7.86. The first-order valence-corrected chi connectivity index (χ1v) is 5.89. The predicted octanol–water partition coefficient (Wildman–Crippen LogP) is 1.46. The van der Waals surface area contributed by atoms with Crippen molar-refractivity contribution in [3.05, 3.63) is 28.8 Å². The van der Waals surface area contributed by atoms with Gasteiger partial charge in [0.15, 0.2) is 0 Å². The second-order valence-corrected chi connectivity index (χ2v) is 4.85. The summed E-state index contributed by atoms with van der Waals surface area (Å²) < 4.78 is 31.6. The van der Waals surface area contributed by atoms with Crippen molar-refractivity contribution in [2.24, 2.45) is 0 Å². The normalized spacial score (nSPS) is 11.2. The van der Waals surface area contributed by atoms with E-state index in [4.69, 9.17) is 11.6 Å². The summed E-state index contributed by atoms with van der Waals surface area (Å²) >= 11 is 5.70. The van der Waals surface area contributed by atoms with Gasteiger partial charge in [0, 0.05) is 0 Å². The molecule has 7 heteroatoms. The third-order valence-corrected chi connectivity index (χ3v) is 3.60. The van der Waals surface area contributed by atoms with Crippen molar-refractivity contribution >= 4 is 27.7 Å². The molecule has 0 N–H and O–H groups in total. The quantitative estimate of drug-likeness (QED) is 0.611. The molecule has 0 fully saturated rings. The fourth-order valence-electron chi connectivity index (χ4n) is 1.03. The predicted molar refractivity (Wildman–Crippen MR) is 57.0 cm³/mol. The van der Waals surface area contributed by atoms with Gasteiger partial charge >= 0.3 is 5.97 Å². The Kier molecular flexibility index (Phi) is 3.90. The van der Waals surface area contributed by atoms with Gasteiger partial charge in [-0.05, 0) is 18.2 Å². The zero-order valence-corrected chi connectivity index (χ0v) is 10.1. The Morgan fingerprint density at radius 1 is 1.31 bits per heavy atom. The lowest BCUT2D eigenvalue weighted by molar-refractivity contribution is 0.0600. The van der Waals surface area contributed by atoms with Gasteiger partial charge in [0.1, 0.15) is 4.90 Å². The molecule has 0 aliphatic rings. The smallest absolute Gasteiger partial charge is 0.337 e. The molecule has 0 amide bonds. The van der Waals surface area contributed by atoms with E-state index in [-0.39, 0.29) is 15.5 Å². The summed E-state index contributed by atoms with van der Waals surface area (Å²) in [5, 5.41) is -0.0190. The largest absolute Gasteiger partial charge is 0.465 e. The van der Waals surface area contributed by atoms with E-state index in [2.05, 4.69) is 8.92 Å². The van der Waals surface area contributed by atoms with Crippen molar-refractivity contribution in [2.75, 3.05) is 14.2 Å². The average molecular weight is 265 g/mol. The molecule has 88 valence electrons. The number of ether oxygens (including phenoxy) is 1. The third-order valence-electron chi connectivity index (χ3n) is 1.84. The van der Waals surface area contributed by atoms with Gasteiger partial charge in [-0.1, -0.05) is 11.6 Å². The highest BCUT2D eigenvalue weighted by Gasteiger charge is 2.19. The SMILES string of the molecule is COC(=O)c1ccc(Cl)c(S(=O)(=O)OC)c1. The minimum atomic E-state index is -3.93. The van der Waals surface area contributed by atoms with Crippen molar-refractivity contribution in [1.82, 2.24) is 0 Å². The molecule has 5 nitrogen and oxygen atoms in total. The zero-order chi connectivity index (χ0) is 12.3. The summed E-state index contributed by atoms with van der Waals surface area (Å²) in [6, 6.07) is 3.76. The monoisotopic (exact) mass is 264 g/mol. The second-order valence-electron chi connectivity index (χ2n) is 2.76. The molecule has 0 bridgehead atoms. The Labute approximate surface area is 98.1 Å². The van der Waals surface area contributed by atoms with E-state index in [0.717, 1.165) is 13.2 Å². The molecule has 0 spiro atoms. The Balaban J connectivity index is 3.36. The van der Waals surface area contributed by atoms with Gasteiger partial charge in [-0.2, -0.15) is 8.42 Å². The van der Waals surface area contributed by atoms with Crippen LogP contribution in [0.1, 0.15) is 10.4 Å². The number of rotatable bonds is 3. The molecule has 0 heterocycles. The van der Waals surface area contributed by atoms with Gasteiger partial charge in [0.2, 0.25) is 0 Å². The van der Waals surface area contributed by atoms with Crippen LogP contribution in [-0.2, 0) is 19.0 Å². The number of methoxy groups -OCH3 is 1. The highest BCUT2D eigenvalue weighted by Crippen LogP contribution is 2.24. The van der Waals surface area contributed by atoms with Crippen LogP contribution in [0.25, 0.3) is 0 Å². The van der Waals surface area contributed by atoms with E-state index < -0.39 is 16.1 Å². The molecule has 0 aromatic heterocycles. The topological polar surface area (TPSA) is 69.7 Å². The summed E-state index contributed by atoms with van der Waals surface area (Å²) in [6.45, 7) is 0. The zero-order valence-electron chi connectivity index (χ0n) is 8.56. The van der Waals surface area contributed by atoms with Crippen LogP contribution in [0, 0.1) is 0 Å². The van der Waals surface area contributed by atoms with Crippen LogP contribution in [0.4, 0.5) is 0 Å². The Morgan fingerprint density at radius 3 is 2.44 bits per heavy atom. The molecule has 0 aliphatic carbocycles. The number of hydrogen-bond acceptors (Lipinski definition) is 5. The second kappa shape index (κ2) is 4.82. The van der Waals surface area contributed by atoms with Crippen LogP contribution < -0.4 is 0 Å². The molecule has 1 aromatic rings. The number of hydrogen-bond donors (Lipinski definition) is 0. The van der Waals surface area contributed by atoms with E-state index in [9.17, 15) is 13.2 Å². The molecule has 1 rings (SSSR count). The first-order valence-electron chi connectivity index (χ1n) is 4.11. The Bertz CT molecular complexity index is 509. The van der Waals surface area contributed by atoms with Gasteiger partial charge in [-0.3, -0.25) is 4.18 Å². The molecular formula is C9H9ClO5S. The maximum absolute atomic E-state index is 11.4. The fourth-order valence-corrected chi connectivity index (χ4v) is 2.19. The summed E-state index contributed by atoms with van der Waals surface area (Å²) in [6.07, 6.45) is 0. The van der Waals surface area contributed by atoms with Crippen molar-refractivity contribution in [2.45, 2.75) is 4.90 Å². The summed E-state index contributed by atoms with van der Waals surface area (Å²) in [5.74, 6) is -0.649. The lowest BCUT2D eigenvalue weighted by Gasteiger charge is -2.05. The summed E-state index contributed by atoms with van der Waals surface area (Å²) in [7, 11) is -1.73. The number of halogens is 1. The van der Waals surface area contributed by atoms with Crippen molar-refractivity contribution in [3.8, 4) is 0 Å². The van der Waals surface area contributed by atoms with Crippen LogP contribution in [0.5, 0.6) is 0 Å². The number of benzene rings is 1. The van der Waals surface area contributed by atoms with Crippen LogP contribution in [0.2, 0.25) is 5.02 Å². The minimum absolute atomic E-state index is 0.0190. The molecule has 0 saturated heterocycles. The average Bonchev–Trinajstić information content (AvgIpc) is 2.28. The first-order chi connectivity index (χ1) is 7.42. The molecule has 0 radical (unpaired) electrons. The lowest BCUT2D eigenvalue weighted by atomic mass is 10.2. The fraction of sp³-hybridized carbons (Fsp3) is 0.222. The van der Waals surface area contributed by atoms with Crippen LogP contribution >= 0.6 is 11.6 Å². The van der Waals surface area contributed by atoms with E-state index in [0.29, 0.717) is 0 Å². The van der Waals surface area contributed by atoms with Crippen molar-refractivity contribution < 1.29 is 22.1 Å². The molecule has 0 saturated carbocycles. The lowest BCUT2D eigenvalue weighted by Crippen LogP contribution is -2.07. The molecule has 1 aromatic carbocycles. The van der Waals surface area contributed by atoms with Crippen LogP contribution in [0.3, 0.4) is 0 Å². The minimum Gasteiger partial charge on any atom is -0.465 e. The van der Waals surface area contributed by atoms with Gasteiger partial charge in [0.25, 0.3) is 10.1 Å². The number of esters is 1. The van der Waals surface area contributed by atoms with Gasteiger partial charge in [-0.15, -0.1) is 0 Å². The number of carbonyl (C=O) groups excluding carboxylic acids is 1. The van der Waals surface area contributed by atoms with E-state index in [1.165, 1.54) is 19.2 Å². The summed E-state index contributed by atoms with van der Waals surface area (Å²) in [5.41, 5.74) is 0.0857. The van der Waals surface area contributed by atoms with Gasteiger partial charge < -0.3 is 4.74 Å². The van der Waals surface area contributed by atoms with E-state index in [1.54, 1.807) is 0 Å². The Morgan fingerprint density at radius 2 is 1.94 bits per heavy atom. The summed E-state index contributed by atoms with van der Waals surface area (Å²) in [4.78, 5) is 10.9. The van der Waals surface area contributed by atoms with Gasteiger partial charge in [0.05, 0.1) is 24.8 Å². The maximum Gasteiger partial charge on any atom is 0.337 e. The molecule has 0 aliphatic heterocycles. The van der Waals surface area contributed by atoms with Crippen LogP contribution in [-0.4, -0.2) is 28.6 Å². The third kappa shape index (κ3) is 2.52. The molecule has 0 unspecified atom stereocenters. The standard InChI is InChI=1S/C9H9ClO5S/c1-14-9(11)6-3-4-7(10)8(5-6)16(12,13)15-2/h3-5H,1-2H3. The van der Waals surface area contributed by atoms with Crippen molar-refractivity contribution in [1.29, 1.82) is 0 Å². The van der Waals surface area contributed by atoms with E-state index >= 15 is 0 Å². The molecule has 0 atom stereocenters. The molecule has 16 heavy (non-hydrogen) atoms. The van der Waals surface area contributed by atoms with Gasteiger partial charge in [-0.25, -0.2) is 4.79 Å². The van der Waals surface area contributed by atoms with Crippen molar-refractivity contribution in [3.63, 3.8) is 0 Å². The van der Waals surface area contributed by atoms with Crippen LogP contribution in [0.15, 0.2) is 23.1 Å². The van der Waals surface area contributed by atoms with E-state index in [1.807, 2.05) is 0 Å². The number of carbonyl (C=O) groups is 1. The first kappa shape index (κ1) is 13.0. The molecular weight excluding hydrogens is 256 g/mol. The highest BCUT2D eigenvalue weighted by atomic mass is 35.5.